The Morgan fingerprint density at radius 1 is 1.12 bits per heavy atom. The zero-order valence-electron chi connectivity index (χ0n) is 11.0. The SMILES string of the molecule is CC(O)COOC(C(C)C)(C(C)C)P(=O)(O)O. The molecule has 0 aromatic carbocycles. The number of aliphatic hydroxyl groups is 1. The fourth-order valence-corrected chi connectivity index (χ4v) is 3.30. The first kappa shape index (κ1) is 17.0. The van der Waals surface area contributed by atoms with Crippen LogP contribution in [0.5, 0.6) is 0 Å². The van der Waals surface area contributed by atoms with Crippen LogP contribution in [0.1, 0.15) is 34.6 Å². The Morgan fingerprint density at radius 3 is 1.76 bits per heavy atom. The van der Waals surface area contributed by atoms with Gasteiger partial charge in [0.05, 0.1) is 6.10 Å². The molecule has 0 spiro atoms. The van der Waals surface area contributed by atoms with Gasteiger partial charge in [0.2, 0.25) is 5.34 Å². The zero-order chi connectivity index (χ0) is 13.9. The van der Waals surface area contributed by atoms with Crippen molar-refractivity contribution in [3.8, 4) is 0 Å². The molecule has 1 atom stereocenters. The number of hydrogen-bond donors (Lipinski definition) is 3. The number of aliphatic hydroxyl groups excluding tert-OH is 1. The van der Waals surface area contributed by atoms with Gasteiger partial charge < -0.3 is 14.9 Å². The smallest absolute Gasteiger partial charge is 0.360 e. The first-order valence-electron chi connectivity index (χ1n) is 5.60. The Balaban J connectivity index is 5.02. The predicted molar refractivity (Wildman–Crippen MR) is 63.2 cm³/mol. The van der Waals surface area contributed by atoms with Crippen LogP contribution in [-0.2, 0) is 14.3 Å². The first-order valence-corrected chi connectivity index (χ1v) is 7.21. The molecule has 0 saturated heterocycles. The average molecular weight is 270 g/mol. The van der Waals surface area contributed by atoms with Gasteiger partial charge in [0.1, 0.15) is 6.61 Å². The highest BCUT2D eigenvalue weighted by Crippen LogP contribution is 2.59. The van der Waals surface area contributed by atoms with Gasteiger partial charge in [-0.05, 0) is 18.8 Å². The van der Waals surface area contributed by atoms with Crippen molar-refractivity contribution in [2.24, 2.45) is 11.8 Å². The Morgan fingerprint density at radius 2 is 1.53 bits per heavy atom. The van der Waals surface area contributed by atoms with Gasteiger partial charge in [-0.3, -0.25) is 4.57 Å². The first-order chi connectivity index (χ1) is 7.55. The largest absolute Gasteiger partial charge is 0.391 e. The topological polar surface area (TPSA) is 96.2 Å². The minimum Gasteiger partial charge on any atom is -0.391 e. The third-order valence-electron chi connectivity index (χ3n) is 2.61. The summed E-state index contributed by atoms with van der Waals surface area (Å²) >= 11 is 0. The number of rotatable bonds is 7. The maximum atomic E-state index is 11.6. The van der Waals surface area contributed by atoms with E-state index in [4.69, 9.17) is 14.9 Å². The van der Waals surface area contributed by atoms with E-state index in [-0.39, 0.29) is 6.61 Å². The minimum atomic E-state index is -4.51. The van der Waals surface area contributed by atoms with E-state index in [0.29, 0.717) is 0 Å². The normalized spacial score (nSPS) is 15.6. The zero-order valence-corrected chi connectivity index (χ0v) is 11.8. The van der Waals surface area contributed by atoms with Gasteiger partial charge in [0.15, 0.2) is 0 Å². The van der Waals surface area contributed by atoms with E-state index in [1.165, 1.54) is 6.92 Å². The molecule has 0 saturated carbocycles. The van der Waals surface area contributed by atoms with Crippen molar-refractivity contribution in [1.82, 2.24) is 0 Å². The van der Waals surface area contributed by atoms with Crippen LogP contribution in [0, 0.1) is 11.8 Å². The molecule has 0 rings (SSSR count). The van der Waals surface area contributed by atoms with E-state index in [1.807, 2.05) is 0 Å². The molecule has 6 nitrogen and oxygen atoms in total. The van der Waals surface area contributed by atoms with Gasteiger partial charge >= 0.3 is 7.60 Å². The van der Waals surface area contributed by atoms with Gasteiger partial charge in [-0.1, -0.05) is 27.7 Å². The van der Waals surface area contributed by atoms with E-state index < -0.39 is 30.9 Å². The maximum Gasteiger partial charge on any atom is 0.360 e. The highest BCUT2D eigenvalue weighted by Gasteiger charge is 2.55. The van der Waals surface area contributed by atoms with Crippen LogP contribution in [0.4, 0.5) is 0 Å². The van der Waals surface area contributed by atoms with E-state index in [9.17, 15) is 14.4 Å². The minimum absolute atomic E-state index is 0.138. The van der Waals surface area contributed by atoms with Gasteiger partial charge in [-0.15, -0.1) is 0 Å². The van der Waals surface area contributed by atoms with Crippen molar-refractivity contribution in [3.63, 3.8) is 0 Å². The van der Waals surface area contributed by atoms with Crippen LogP contribution in [-0.4, -0.2) is 32.9 Å². The molecule has 0 aromatic heterocycles. The Bertz CT molecular complexity index is 262. The van der Waals surface area contributed by atoms with E-state index in [2.05, 4.69) is 0 Å². The standard InChI is InChI=1S/C10H23O6P/c1-7(2)10(8(3)4,17(12,13)14)16-15-6-9(5)11/h7-9,11H,6H2,1-5H3,(H2,12,13,14). The molecule has 3 N–H and O–H groups in total. The molecule has 0 radical (unpaired) electrons. The van der Waals surface area contributed by atoms with Crippen molar-refractivity contribution in [2.45, 2.75) is 46.1 Å². The molecular formula is C10H23O6P. The van der Waals surface area contributed by atoms with Crippen molar-refractivity contribution < 1.29 is 29.2 Å². The third kappa shape index (κ3) is 4.02. The van der Waals surface area contributed by atoms with Gasteiger partial charge in [0, 0.05) is 0 Å². The van der Waals surface area contributed by atoms with Crippen LogP contribution in [0.15, 0.2) is 0 Å². The lowest BCUT2D eigenvalue weighted by Crippen LogP contribution is -2.43. The van der Waals surface area contributed by atoms with Crippen molar-refractivity contribution in [1.29, 1.82) is 0 Å². The van der Waals surface area contributed by atoms with Gasteiger partial charge in [-0.2, -0.15) is 0 Å². The Hall–Kier alpha value is 0.0300. The summed E-state index contributed by atoms with van der Waals surface area (Å²) in [5.41, 5.74) is 0. The van der Waals surface area contributed by atoms with Crippen LogP contribution in [0.2, 0.25) is 0 Å². The lowest BCUT2D eigenvalue weighted by atomic mass is 9.95. The molecular weight excluding hydrogens is 247 g/mol. The van der Waals surface area contributed by atoms with Gasteiger partial charge in [0.25, 0.3) is 0 Å². The third-order valence-corrected chi connectivity index (χ3v) is 4.63. The van der Waals surface area contributed by atoms with Crippen LogP contribution < -0.4 is 0 Å². The Kier molecular flexibility index (Phi) is 6.28. The predicted octanol–water partition coefficient (Wildman–Crippen LogP) is 1.50. The van der Waals surface area contributed by atoms with Crippen molar-refractivity contribution in [2.75, 3.05) is 6.61 Å². The summed E-state index contributed by atoms with van der Waals surface area (Å²) in [6.07, 6.45) is -0.760. The molecule has 104 valence electrons. The lowest BCUT2D eigenvalue weighted by Gasteiger charge is -2.39. The summed E-state index contributed by atoms with van der Waals surface area (Å²) in [5.74, 6) is -0.866. The lowest BCUT2D eigenvalue weighted by molar-refractivity contribution is -0.365. The summed E-state index contributed by atoms with van der Waals surface area (Å²) in [6, 6.07) is 0. The molecule has 0 aliphatic carbocycles. The fraction of sp³-hybridized carbons (Fsp3) is 1.00. The second kappa shape index (κ2) is 6.27. The van der Waals surface area contributed by atoms with Crippen LogP contribution in [0.3, 0.4) is 0 Å². The summed E-state index contributed by atoms with van der Waals surface area (Å²) in [6.45, 7) is 7.99. The monoisotopic (exact) mass is 270 g/mol. The molecule has 7 heteroatoms. The average Bonchev–Trinajstić information content (AvgIpc) is 2.08. The van der Waals surface area contributed by atoms with Crippen molar-refractivity contribution in [3.05, 3.63) is 0 Å². The summed E-state index contributed by atoms with van der Waals surface area (Å²) in [5, 5.41) is 7.34. The molecule has 17 heavy (non-hydrogen) atoms. The molecule has 0 fully saturated rings. The molecule has 0 bridgehead atoms. The molecule has 0 aliphatic heterocycles. The van der Waals surface area contributed by atoms with Crippen LogP contribution >= 0.6 is 7.60 Å². The summed E-state index contributed by atoms with van der Waals surface area (Å²) in [4.78, 5) is 28.7. The fourth-order valence-electron chi connectivity index (χ4n) is 1.81. The molecule has 0 aromatic rings. The van der Waals surface area contributed by atoms with E-state index in [0.717, 1.165) is 0 Å². The molecule has 1 unspecified atom stereocenters. The van der Waals surface area contributed by atoms with Crippen LogP contribution in [0.25, 0.3) is 0 Å². The summed E-state index contributed by atoms with van der Waals surface area (Å²) in [7, 11) is -4.51. The maximum absolute atomic E-state index is 11.6. The number of hydrogen-bond acceptors (Lipinski definition) is 4. The summed E-state index contributed by atoms with van der Waals surface area (Å²) < 4.78 is 11.6. The van der Waals surface area contributed by atoms with E-state index >= 15 is 0 Å². The van der Waals surface area contributed by atoms with Crippen molar-refractivity contribution >= 4 is 7.60 Å². The highest BCUT2D eigenvalue weighted by atomic mass is 31.2. The second-order valence-electron chi connectivity index (χ2n) is 4.82. The Labute approximate surface area is 102 Å². The molecule has 0 heterocycles. The van der Waals surface area contributed by atoms with E-state index in [1.54, 1.807) is 27.7 Å². The molecule has 0 amide bonds. The molecule has 0 aliphatic rings. The van der Waals surface area contributed by atoms with Gasteiger partial charge in [-0.25, -0.2) is 9.78 Å². The quantitative estimate of drug-likeness (QED) is 0.368. The highest BCUT2D eigenvalue weighted by molar-refractivity contribution is 7.53. The second-order valence-corrected chi connectivity index (χ2v) is 6.61.